The Hall–Kier alpha value is -1.44. The fraction of sp³-hybridized carbons (Fsp3) is 0.611. The van der Waals surface area contributed by atoms with E-state index < -0.39 is 10.0 Å². The van der Waals surface area contributed by atoms with Gasteiger partial charge in [-0.15, -0.1) is 0 Å². The zero-order valence-electron chi connectivity index (χ0n) is 15.3. The number of sulfonamides is 1. The zero-order chi connectivity index (χ0) is 18.6. The van der Waals surface area contributed by atoms with Crippen LogP contribution in [0.5, 0.6) is 0 Å². The number of rotatable bonds is 6. The summed E-state index contributed by atoms with van der Waals surface area (Å²) >= 11 is 0. The van der Waals surface area contributed by atoms with Crippen molar-refractivity contribution in [1.29, 1.82) is 0 Å². The van der Waals surface area contributed by atoms with E-state index in [1.807, 2.05) is 0 Å². The van der Waals surface area contributed by atoms with E-state index in [4.69, 9.17) is 4.74 Å². The number of nitrogens with one attached hydrogen (secondary N) is 2. The zero-order valence-corrected chi connectivity index (χ0v) is 16.1. The molecule has 1 aromatic rings. The Labute approximate surface area is 150 Å². The molecule has 0 aliphatic carbocycles. The maximum absolute atomic E-state index is 11.8. The van der Waals surface area contributed by atoms with Crippen molar-refractivity contribution in [2.45, 2.75) is 63.2 Å². The van der Waals surface area contributed by atoms with Crippen LogP contribution in [0, 0.1) is 5.92 Å². The first kappa shape index (κ1) is 19.9. The molecule has 1 amide bonds. The molecule has 1 aliphatic heterocycles. The van der Waals surface area contributed by atoms with Gasteiger partial charge in [-0.1, -0.05) is 26.0 Å². The van der Waals surface area contributed by atoms with Gasteiger partial charge in [0, 0.05) is 13.0 Å². The fourth-order valence-electron chi connectivity index (χ4n) is 3.29. The van der Waals surface area contributed by atoms with Crippen molar-refractivity contribution >= 4 is 15.9 Å². The van der Waals surface area contributed by atoms with Gasteiger partial charge in [0.05, 0.1) is 17.1 Å². The molecular weight excluding hydrogens is 340 g/mol. The van der Waals surface area contributed by atoms with E-state index in [0.717, 1.165) is 18.4 Å². The SMILES string of the molecule is CNS(=O)(=O)c1ccc([C@@H]2C[C@H](NC(C)=O)C[C@H](CC(C)C)O2)cc1. The molecule has 1 saturated heterocycles. The van der Waals surface area contributed by atoms with Crippen molar-refractivity contribution in [2.75, 3.05) is 7.05 Å². The number of ether oxygens (including phenoxy) is 1. The Morgan fingerprint density at radius 1 is 1.24 bits per heavy atom. The third kappa shape index (κ3) is 5.52. The monoisotopic (exact) mass is 368 g/mol. The van der Waals surface area contributed by atoms with Gasteiger partial charge in [-0.2, -0.15) is 0 Å². The van der Waals surface area contributed by atoms with E-state index in [9.17, 15) is 13.2 Å². The van der Waals surface area contributed by atoms with Crippen molar-refractivity contribution in [1.82, 2.24) is 10.0 Å². The standard InChI is InChI=1S/C18H28N2O4S/c1-12(2)9-16-10-15(20-13(3)21)11-18(24-16)14-5-7-17(8-6-14)25(22,23)19-4/h5-8,12,15-16,18-19H,9-11H2,1-4H3,(H,20,21)/t15-,16+,18+/m1/s1. The largest absolute Gasteiger partial charge is 0.370 e. The molecule has 0 unspecified atom stereocenters. The average molecular weight is 368 g/mol. The van der Waals surface area contributed by atoms with Crippen LogP contribution in [0.4, 0.5) is 0 Å². The van der Waals surface area contributed by atoms with Gasteiger partial charge in [-0.3, -0.25) is 4.79 Å². The number of hydrogen-bond acceptors (Lipinski definition) is 4. The van der Waals surface area contributed by atoms with E-state index in [1.165, 1.54) is 14.0 Å². The summed E-state index contributed by atoms with van der Waals surface area (Å²) in [6.07, 6.45) is 2.35. The molecule has 1 aromatic carbocycles. The van der Waals surface area contributed by atoms with Gasteiger partial charge in [0.2, 0.25) is 15.9 Å². The van der Waals surface area contributed by atoms with Gasteiger partial charge in [0.25, 0.3) is 0 Å². The predicted molar refractivity (Wildman–Crippen MR) is 96.6 cm³/mol. The second-order valence-electron chi connectivity index (χ2n) is 7.02. The summed E-state index contributed by atoms with van der Waals surface area (Å²) in [7, 11) is -2.06. The van der Waals surface area contributed by atoms with Crippen molar-refractivity contribution in [3.8, 4) is 0 Å². The molecule has 1 heterocycles. The second kappa shape index (κ2) is 8.29. The molecular formula is C18H28N2O4S. The summed E-state index contributed by atoms with van der Waals surface area (Å²) in [5, 5.41) is 3.00. The maximum atomic E-state index is 11.8. The van der Waals surface area contributed by atoms with Crippen LogP contribution in [-0.4, -0.2) is 33.5 Å². The lowest BCUT2D eigenvalue weighted by Crippen LogP contribution is -2.42. The number of carbonyl (C=O) groups excluding carboxylic acids is 1. The van der Waals surface area contributed by atoms with Crippen LogP contribution in [0.3, 0.4) is 0 Å². The molecule has 0 aromatic heterocycles. The van der Waals surface area contributed by atoms with Gasteiger partial charge >= 0.3 is 0 Å². The van der Waals surface area contributed by atoms with E-state index >= 15 is 0 Å². The Bertz CT molecular complexity index is 686. The van der Waals surface area contributed by atoms with Crippen LogP contribution in [-0.2, 0) is 19.6 Å². The highest BCUT2D eigenvalue weighted by Crippen LogP contribution is 2.34. The summed E-state index contributed by atoms with van der Waals surface area (Å²) in [4.78, 5) is 11.7. The fourth-order valence-corrected chi connectivity index (χ4v) is 4.02. The van der Waals surface area contributed by atoms with Crippen molar-refractivity contribution < 1.29 is 17.9 Å². The first-order valence-corrected chi connectivity index (χ1v) is 10.2. The van der Waals surface area contributed by atoms with Crippen LogP contribution in [0.25, 0.3) is 0 Å². The highest BCUT2D eigenvalue weighted by molar-refractivity contribution is 7.89. The number of hydrogen-bond donors (Lipinski definition) is 2. The number of benzene rings is 1. The van der Waals surface area contributed by atoms with Crippen LogP contribution in [0.15, 0.2) is 29.2 Å². The summed E-state index contributed by atoms with van der Waals surface area (Å²) in [6, 6.07) is 6.82. The van der Waals surface area contributed by atoms with Gasteiger partial charge in [0.15, 0.2) is 0 Å². The van der Waals surface area contributed by atoms with Gasteiger partial charge in [0.1, 0.15) is 0 Å². The minimum atomic E-state index is -3.45. The quantitative estimate of drug-likeness (QED) is 0.807. The molecule has 1 fully saturated rings. The Balaban J connectivity index is 2.18. The molecule has 6 nitrogen and oxygen atoms in total. The van der Waals surface area contributed by atoms with Gasteiger partial charge < -0.3 is 10.1 Å². The Kier molecular flexibility index (Phi) is 6.59. The molecule has 3 atom stereocenters. The summed E-state index contributed by atoms with van der Waals surface area (Å²) in [6.45, 7) is 5.83. The third-order valence-electron chi connectivity index (χ3n) is 4.38. The topological polar surface area (TPSA) is 84.5 Å². The van der Waals surface area contributed by atoms with Crippen LogP contribution in [0.1, 0.15) is 51.7 Å². The predicted octanol–water partition coefficient (Wildman–Crippen LogP) is 2.37. The lowest BCUT2D eigenvalue weighted by atomic mass is 9.90. The molecule has 0 radical (unpaired) electrons. The number of amides is 1. The highest BCUT2D eigenvalue weighted by Gasteiger charge is 2.31. The molecule has 140 valence electrons. The van der Waals surface area contributed by atoms with Crippen LogP contribution < -0.4 is 10.0 Å². The molecule has 25 heavy (non-hydrogen) atoms. The van der Waals surface area contributed by atoms with E-state index in [1.54, 1.807) is 24.3 Å². The minimum Gasteiger partial charge on any atom is -0.370 e. The Morgan fingerprint density at radius 2 is 1.88 bits per heavy atom. The molecule has 0 bridgehead atoms. The Morgan fingerprint density at radius 3 is 2.40 bits per heavy atom. The normalized spacial score (nSPS) is 24.3. The minimum absolute atomic E-state index is 0.0376. The molecule has 2 N–H and O–H groups in total. The molecule has 7 heteroatoms. The second-order valence-corrected chi connectivity index (χ2v) is 8.91. The third-order valence-corrected chi connectivity index (χ3v) is 5.81. The lowest BCUT2D eigenvalue weighted by molar-refractivity contribution is -0.122. The highest BCUT2D eigenvalue weighted by atomic mass is 32.2. The summed E-state index contributed by atoms with van der Waals surface area (Å²) in [5.41, 5.74) is 0.930. The maximum Gasteiger partial charge on any atom is 0.240 e. The number of carbonyl (C=O) groups is 1. The first-order chi connectivity index (χ1) is 11.7. The van der Waals surface area contributed by atoms with Crippen LogP contribution in [0.2, 0.25) is 0 Å². The molecule has 0 saturated carbocycles. The molecule has 2 rings (SSSR count). The smallest absolute Gasteiger partial charge is 0.240 e. The first-order valence-electron chi connectivity index (χ1n) is 8.67. The van der Waals surface area contributed by atoms with Crippen molar-refractivity contribution in [2.24, 2.45) is 5.92 Å². The average Bonchev–Trinajstić information content (AvgIpc) is 2.53. The summed E-state index contributed by atoms with van der Waals surface area (Å²) in [5.74, 6) is 0.467. The van der Waals surface area contributed by atoms with E-state index in [0.29, 0.717) is 12.3 Å². The molecule has 1 aliphatic rings. The van der Waals surface area contributed by atoms with Crippen molar-refractivity contribution in [3.05, 3.63) is 29.8 Å². The van der Waals surface area contributed by atoms with Gasteiger partial charge in [-0.05, 0) is 49.9 Å². The van der Waals surface area contributed by atoms with Crippen molar-refractivity contribution in [3.63, 3.8) is 0 Å². The summed E-state index contributed by atoms with van der Waals surface area (Å²) < 4.78 is 32.2. The van der Waals surface area contributed by atoms with E-state index in [2.05, 4.69) is 23.9 Å². The van der Waals surface area contributed by atoms with E-state index in [-0.39, 0.29) is 29.1 Å². The van der Waals surface area contributed by atoms with Gasteiger partial charge in [-0.25, -0.2) is 13.1 Å². The lowest BCUT2D eigenvalue weighted by Gasteiger charge is -2.36. The van der Waals surface area contributed by atoms with Crippen LogP contribution >= 0.6 is 0 Å². The molecule has 0 spiro atoms.